The second kappa shape index (κ2) is 21.9. The molecule has 0 saturated heterocycles. The largest absolute Gasteiger partial charge is 0.462 e. The van der Waals surface area contributed by atoms with Crippen molar-refractivity contribution < 1.29 is 97.3 Å². The Balaban J connectivity index is 0.000000236. The molecule has 0 aromatic heterocycles. The van der Waals surface area contributed by atoms with E-state index in [1.54, 1.807) is 0 Å². The molecule has 0 aliphatic rings. The van der Waals surface area contributed by atoms with Crippen LogP contribution >= 0.6 is 7.26 Å². The summed E-state index contributed by atoms with van der Waals surface area (Å²) in [6, 6.07) is 40.4. The van der Waals surface area contributed by atoms with Crippen LogP contribution in [0, 0.1) is 116 Å². The minimum Gasteiger partial charge on any atom is -0.462 e. The third-order valence-electron chi connectivity index (χ3n) is 12.2. The Morgan fingerprint density at radius 2 is 0.566 bits per heavy atom. The lowest BCUT2D eigenvalue weighted by Gasteiger charge is -2.44. The number of esters is 1. The Morgan fingerprint density at radius 1 is 0.342 bits per heavy atom. The summed E-state index contributed by atoms with van der Waals surface area (Å²) in [5, 5.41) is 4.05. The first kappa shape index (κ1) is 56.1. The highest BCUT2D eigenvalue weighted by molar-refractivity contribution is 7.95. The molecule has 0 amide bonds. The van der Waals surface area contributed by atoms with Gasteiger partial charge in [-0.25, -0.2) is 92.6 Å². The van der Waals surface area contributed by atoms with Crippen LogP contribution in [0.5, 0.6) is 0 Å². The summed E-state index contributed by atoms with van der Waals surface area (Å²) in [7, 11) is -1.94. The van der Waals surface area contributed by atoms with Gasteiger partial charge in [-0.05, 0) is 61.0 Å². The second-order valence-electron chi connectivity index (χ2n) is 16.2. The van der Waals surface area contributed by atoms with Gasteiger partial charge in [0.2, 0.25) is 0 Å². The number of ether oxygens (including phenoxy) is 1. The molecule has 0 N–H and O–H groups in total. The molecule has 0 saturated carbocycles. The molecule has 2 nitrogen and oxygen atoms in total. The standard InChI is InChI=1S/C28H26O2P.C24BF20/c1-2-30-28(29)24-20-18-23(19-21-24)22-31(25-12-6-3-7-13-25,26-14-8-4-9-15-26)27-16-10-5-11-17-27;26-5-1(6(27)14(35)21(42)13(5)34)25(2-7(28)15(36)22(43)16(37)8(2)29,3-9(30)17(38)23(44)18(39)10(3)31)4-11(32)19(40)24(45)20(41)12(4)33/h3-21H,2,22H2,1H3;/q+1;-1. The fourth-order valence-electron chi connectivity index (χ4n) is 8.88. The Labute approximate surface area is 416 Å². The molecule has 24 heteroatoms. The van der Waals surface area contributed by atoms with E-state index < -0.39 is 152 Å². The maximum absolute atomic E-state index is 15.4. The molecule has 0 atom stereocenters. The van der Waals surface area contributed by atoms with Crippen LogP contribution in [0.3, 0.4) is 0 Å². The first-order valence-electron chi connectivity index (χ1n) is 21.5. The number of rotatable bonds is 11. The third-order valence-corrected chi connectivity index (χ3v) is 16.6. The lowest BCUT2D eigenvalue weighted by molar-refractivity contribution is 0.0526. The average Bonchev–Trinajstić information content (AvgIpc) is 3.43. The van der Waals surface area contributed by atoms with Gasteiger partial charge in [0.05, 0.1) is 18.3 Å². The molecule has 0 fully saturated rings. The van der Waals surface area contributed by atoms with Crippen molar-refractivity contribution in [3.63, 3.8) is 0 Å². The van der Waals surface area contributed by atoms with E-state index in [-0.39, 0.29) is 5.97 Å². The van der Waals surface area contributed by atoms with Crippen LogP contribution in [-0.2, 0) is 10.9 Å². The zero-order valence-electron chi connectivity index (χ0n) is 37.8. The van der Waals surface area contributed by atoms with Crippen LogP contribution in [0.4, 0.5) is 87.8 Å². The smallest absolute Gasteiger partial charge is 0.338 e. The van der Waals surface area contributed by atoms with Crippen molar-refractivity contribution in [2.75, 3.05) is 6.61 Å². The summed E-state index contributed by atoms with van der Waals surface area (Å²) in [6.07, 6.45) is -6.33. The van der Waals surface area contributed by atoms with Gasteiger partial charge in [0.25, 0.3) is 0 Å². The normalized spacial score (nSPS) is 11.6. The van der Waals surface area contributed by atoms with Crippen molar-refractivity contribution >= 4 is 57.1 Å². The summed E-state index contributed by atoms with van der Waals surface area (Å²) in [6.45, 7) is 2.20. The van der Waals surface area contributed by atoms with E-state index in [0.29, 0.717) is 12.2 Å². The zero-order chi connectivity index (χ0) is 55.9. The van der Waals surface area contributed by atoms with Crippen molar-refractivity contribution in [3.05, 3.63) is 243 Å². The minimum absolute atomic E-state index is 0.274. The molecule has 76 heavy (non-hydrogen) atoms. The van der Waals surface area contributed by atoms with Crippen molar-refractivity contribution in [2.45, 2.75) is 13.1 Å². The Bertz CT molecular complexity index is 3060. The summed E-state index contributed by atoms with van der Waals surface area (Å²) < 4.78 is 299. The van der Waals surface area contributed by atoms with Crippen LogP contribution < -0.4 is 37.8 Å². The third kappa shape index (κ3) is 9.10. The van der Waals surface area contributed by atoms with E-state index in [4.69, 9.17) is 4.74 Å². The second-order valence-corrected chi connectivity index (χ2v) is 19.7. The SMILES string of the molecule is CCOC(=O)c1ccc(C[P+](c2ccccc2)(c2ccccc2)c2ccccc2)cc1.Fc1c(F)c(F)c([B-](c2c(F)c(F)c(F)c(F)c2F)(c2c(F)c(F)c(F)c(F)c2F)c2c(F)c(F)c(F)c(F)c2F)c(F)c1F. The highest BCUT2D eigenvalue weighted by Gasteiger charge is 2.52. The summed E-state index contributed by atoms with van der Waals surface area (Å²) in [5.41, 5.74) is -12.5. The van der Waals surface area contributed by atoms with E-state index in [0.717, 1.165) is 6.16 Å². The first-order valence-corrected chi connectivity index (χ1v) is 23.5. The maximum Gasteiger partial charge on any atom is 0.338 e. The Morgan fingerprint density at radius 3 is 0.789 bits per heavy atom. The molecule has 0 aliphatic carbocycles. The van der Waals surface area contributed by atoms with Crippen LogP contribution in [0.25, 0.3) is 0 Å². The molecule has 0 unspecified atom stereocenters. The lowest BCUT2D eigenvalue weighted by atomic mass is 9.12. The first-order chi connectivity index (χ1) is 35.9. The van der Waals surface area contributed by atoms with E-state index in [2.05, 4.69) is 103 Å². The number of benzene rings is 8. The van der Waals surface area contributed by atoms with Crippen LogP contribution in [0.15, 0.2) is 115 Å². The van der Waals surface area contributed by atoms with Gasteiger partial charge >= 0.3 is 5.97 Å². The van der Waals surface area contributed by atoms with Gasteiger partial charge in [-0.2, -0.15) is 0 Å². The van der Waals surface area contributed by atoms with Gasteiger partial charge in [0.1, 0.15) is 75.9 Å². The van der Waals surface area contributed by atoms with Crippen molar-refractivity contribution in [1.29, 1.82) is 0 Å². The highest BCUT2D eigenvalue weighted by atomic mass is 31.2. The predicted octanol–water partition coefficient (Wildman–Crippen LogP) is 11.2. The molecule has 0 radical (unpaired) electrons. The molecule has 0 bridgehead atoms. The van der Waals surface area contributed by atoms with Crippen molar-refractivity contribution in [2.24, 2.45) is 0 Å². The fourth-order valence-corrected chi connectivity index (χ4v) is 13.1. The minimum atomic E-state index is -7.22. The molecular formula is C52H26BF20O2P. The van der Waals surface area contributed by atoms with Gasteiger partial charge in [-0.3, -0.25) is 0 Å². The van der Waals surface area contributed by atoms with E-state index in [9.17, 15) is 57.5 Å². The van der Waals surface area contributed by atoms with E-state index >= 15 is 35.1 Å². The van der Waals surface area contributed by atoms with Gasteiger partial charge in [0.15, 0.2) is 69.8 Å². The monoisotopic (exact) mass is 1100 g/mol. The molecule has 394 valence electrons. The molecule has 8 aromatic carbocycles. The topological polar surface area (TPSA) is 26.3 Å². The number of hydrogen-bond acceptors (Lipinski definition) is 2. The summed E-state index contributed by atoms with van der Waals surface area (Å²) >= 11 is 0. The van der Waals surface area contributed by atoms with Gasteiger partial charge < -0.3 is 4.74 Å². The molecule has 0 spiro atoms. The summed E-state index contributed by atoms with van der Waals surface area (Å²) in [5.74, 6) is -71.7. The molecule has 8 rings (SSSR count). The Hall–Kier alpha value is -7.68. The van der Waals surface area contributed by atoms with Gasteiger partial charge in [-0.1, -0.05) is 66.7 Å². The maximum atomic E-state index is 15.4. The fraction of sp³-hybridized carbons (Fsp3) is 0.0577. The summed E-state index contributed by atoms with van der Waals surface area (Å²) in [4.78, 5) is 12.1. The van der Waals surface area contributed by atoms with Gasteiger partial charge in [0, 0.05) is 0 Å². The zero-order valence-corrected chi connectivity index (χ0v) is 38.7. The Kier molecular flexibility index (Phi) is 16.1. The average molecular weight is 1100 g/mol. The van der Waals surface area contributed by atoms with Crippen LogP contribution in [0.1, 0.15) is 22.8 Å². The lowest BCUT2D eigenvalue weighted by Crippen LogP contribution is -2.81. The number of halogens is 20. The number of carbonyl (C=O) groups excluding carboxylic acids is 1. The van der Waals surface area contributed by atoms with Gasteiger partial charge in [-0.15, -0.1) is 21.9 Å². The number of hydrogen-bond donors (Lipinski definition) is 0. The van der Waals surface area contributed by atoms with E-state index in [1.165, 1.54) is 21.5 Å². The molecule has 0 heterocycles. The van der Waals surface area contributed by atoms with Crippen molar-refractivity contribution in [3.8, 4) is 0 Å². The molecule has 8 aromatic rings. The molecule has 0 aliphatic heterocycles. The van der Waals surface area contributed by atoms with Crippen LogP contribution in [0.2, 0.25) is 0 Å². The quantitative estimate of drug-likeness (QED) is 0.0322. The molecular weight excluding hydrogens is 1080 g/mol. The number of carbonyl (C=O) groups is 1. The van der Waals surface area contributed by atoms with Crippen LogP contribution in [-0.4, -0.2) is 18.7 Å². The highest BCUT2D eigenvalue weighted by Crippen LogP contribution is 2.58. The van der Waals surface area contributed by atoms with Crippen molar-refractivity contribution in [1.82, 2.24) is 0 Å². The van der Waals surface area contributed by atoms with E-state index in [1.807, 2.05) is 19.1 Å². The predicted molar refractivity (Wildman–Crippen MR) is 240 cm³/mol.